The molecule has 1 aliphatic heterocycles. The standard InChI is InChI=1S/C16H15ClN2O3/c1-3-21-16(20)13-9(2)22-15(19)12(8-18)14(13)10-5-4-6-11(17)7-10/h4-7,14H,3,19H2,1-2H3/t14-/m0/s1. The molecule has 1 aromatic carbocycles. The van der Waals surface area contributed by atoms with Crippen LogP contribution in [-0.2, 0) is 14.3 Å². The molecule has 0 spiro atoms. The first-order valence-electron chi connectivity index (χ1n) is 6.70. The summed E-state index contributed by atoms with van der Waals surface area (Å²) in [6.07, 6.45) is 0. The van der Waals surface area contributed by atoms with Gasteiger partial charge < -0.3 is 15.2 Å². The van der Waals surface area contributed by atoms with Gasteiger partial charge in [0.1, 0.15) is 17.4 Å². The fourth-order valence-electron chi connectivity index (χ4n) is 2.37. The van der Waals surface area contributed by atoms with E-state index < -0.39 is 11.9 Å². The minimum atomic E-state index is -0.656. The Balaban J connectivity index is 2.62. The average molecular weight is 319 g/mol. The molecule has 1 aromatic rings. The van der Waals surface area contributed by atoms with E-state index in [1.807, 2.05) is 6.07 Å². The van der Waals surface area contributed by atoms with Crippen molar-refractivity contribution in [2.24, 2.45) is 5.73 Å². The topological polar surface area (TPSA) is 85.3 Å². The van der Waals surface area contributed by atoms with Crippen LogP contribution >= 0.6 is 11.6 Å². The number of allylic oxidation sites excluding steroid dienone is 2. The highest BCUT2D eigenvalue weighted by Crippen LogP contribution is 2.40. The number of hydrogen-bond acceptors (Lipinski definition) is 5. The van der Waals surface area contributed by atoms with Crippen LogP contribution in [0.1, 0.15) is 25.3 Å². The molecule has 2 rings (SSSR count). The number of nitriles is 1. The van der Waals surface area contributed by atoms with Gasteiger partial charge in [-0.25, -0.2) is 4.79 Å². The van der Waals surface area contributed by atoms with Gasteiger partial charge in [-0.15, -0.1) is 0 Å². The highest BCUT2D eigenvalue weighted by atomic mass is 35.5. The maximum Gasteiger partial charge on any atom is 0.338 e. The van der Waals surface area contributed by atoms with E-state index in [-0.39, 0.29) is 23.6 Å². The van der Waals surface area contributed by atoms with Gasteiger partial charge in [-0.3, -0.25) is 0 Å². The summed E-state index contributed by atoms with van der Waals surface area (Å²) in [5.41, 5.74) is 6.90. The molecule has 0 radical (unpaired) electrons. The number of carbonyl (C=O) groups excluding carboxylic acids is 1. The highest BCUT2D eigenvalue weighted by Gasteiger charge is 2.36. The zero-order valence-corrected chi connectivity index (χ0v) is 13.0. The molecule has 1 aliphatic rings. The summed E-state index contributed by atoms with van der Waals surface area (Å²) in [5.74, 6) is -0.889. The summed E-state index contributed by atoms with van der Waals surface area (Å²) in [4.78, 5) is 12.3. The molecular formula is C16H15ClN2O3. The van der Waals surface area contributed by atoms with Crippen molar-refractivity contribution in [2.45, 2.75) is 19.8 Å². The molecule has 0 bridgehead atoms. The fraction of sp³-hybridized carbons (Fsp3) is 0.250. The number of hydrogen-bond donors (Lipinski definition) is 1. The van der Waals surface area contributed by atoms with E-state index in [1.54, 1.807) is 38.1 Å². The number of ether oxygens (including phenoxy) is 2. The molecule has 6 heteroatoms. The molecule has 114 valence electrons. The lowest BCUT2D eigenvalue weighted by Gasteiger charge is -2.26. The first-order valence-corrected chi connectivity index (χ1v) is 7.08. The predicted molar refractivity (Wildman–Crippen MR) is 81.4 cm³/mol. The van der Waals surface area contributed by atoms with Gasteiger partial charge in [-0.05, 0) is 31.5 Å². The summed E-state index contributed by atoms with van der Waals surface area (Å²) in [6, 6.07) is 8.94. The van der Waals surface area contributed by atoms with Crippen molar-refractivity contribution < 1.29 is 14.3 Å². The molecule has 2 N–H and O–H groups in total. The van der Waals surface area contributed by atoms with Crippen molar-refractivity contribution in [3.8, 4) is 6.07 Å². The lowest BCUT2D eigenvalue weighted by atomic mass is 9.83. The van der Waals surface area contributed by atoms with Gasteiger partial charge in [0, 0.05) is 5.02 Å². The summed E-state index contributed by atoms with van der Waals surface area (Å²) in [5, 5.41) is 9.90. The van der Waals surface area contributed by atoms with E-state index in [4.69, 9.17) is 26.8 Å². The Labute approximate surface area is 133 Å². The third kappa shape index (κ3) is 2.92. The van der Waals surface area contributed by atoms with Crippen molar-refractivity contribution in [1.82, 2.24) is 0 Å². The molecule has 0 fully saturated rings. The van der Waals surface area contributed by atoms with Crippen LogP contribution in [0, 0.1) is 11.3 Å². The quantitative estimate of drug-likeness (QED) is 0.866. The molecule has 0 amide bonds. The van der Waals surface area contributed by atoms with E-state index in [1.165, 1.54) is 0 Å². The first-order chi connectivity index (χ1) is 10.5. The Morgan fingerprint density at radius 3 is 2.86 bits per heavy atom. The Morgan fingerprint density at radius 2 is 2.27 bits per heavy atom. The predicted octanol–water partition coefficient (Wildman–Crippen LogP) is 2.98. The number of halogens is 1. The molecule has 22 heavy (non-hydrogen) atoms. The van der Waals surface area contributed by atoms with E-state index >= 15 is 0 Å². The van der Waals surface area contributed by atoms with Crippen LogP contribution in [0.4, 0.5) is 0 Å². The van der Waals surface area contributed by atoms with E-state index in [0.29, 0.717) is 16.3 Å². The highest BCUT2D eigenvalue weighted by molar-refractivity contribution is 6.30. The fourth-order valence-corrected chi connectivity index (χ4v) is 2.57. The largest absolute Gasteiger partial charge is 0.463 e. The van der Waals surface area contributed by atoms with Gasteiger partial charge in [0.2, 0.25) is 5.88 Å². The Morgan fingerprint density at radius 1 is 1.55 bits per heavy atom. The van der Waals surface area contributed by atoms with Gasteiger partial charge in [-0.2, -0.15) is 5.26 Å². The van der Waals surface area contributed by atoms with Gasteiger partial charge in [-0.1, -0.05) is 23.7 Å². The molecule has 0 unspecified atom stereocenters. The van der Waals surface area contributed by atoms with E-state index in [0.717, 1.165) is 0 Å². The zero-order chi connectivity index (χ0) is 16.3. The maximum absolute atomic E-state index is 12.3. The summed E-state index contributed by atoms with van der Waals surface area (Å²) >= 11 is 6.02. The SMILES string of the molecule is CCOC(=O)C1=C(C)OC(N)=C(C#N)[C@@H]1c1cccc(Cl)c1. The van der Waals surface area contributed by atoms with Crippen molar-refractivity contribution >= 4 is 17.6 Å². The second kappa shape index (κ2) is 6.54. The number of carbonyl (C=O) groups is 1. The minimum absolute atomic E-state index is 0.0157. The summed E-state index contributed by atoms with van der Waals surface area (Å²) in [7, 11) is 0. The summed E-state index contributed by atoms with van der Waals surface area (Å²) < 4.78 is 10.4. The molecule has 1 atom stereocenters. The number of nitrogens with zero attached hydrogens (tertiary/aromatic N) is 1. The molecular weight excluding hydrogens is 304 g/mol. The van der Waals surface area contributed by atoms with Crippen LogP contribution in [0.2, 0.25) is 5.02 Å². The van der Waals surface area contributed by atoms with Crippen LogP contribution in [0.15, 0.2) is 47.1 Å². The van der Waals surface area contributed by atoms with Crippen LogP contribution < -0.4 is 5.73 Å². The molecule has 0 aliphatic carbocycles. The van der Waals surface area contributed by atoms with Crippen molar-refractivity contribution in [3.63, 3.8) is 0 Å². The number of esters is 1. The molecule has 5 nitrogen and oxygen atoms in total. The van der Waals surface area contributed by atoms with Gasteiger partial charge in [0.25, 0.3) is 0 Å². The smallest absolute Gasteiger partial charge is 0.338 e. The Bertz CT molecular complexity index is 716. The van der Waals surface area contributed by atoms with E-state index in [2.05, 4.69) is 0 Å². The average Bonchev–Trinajstić information content (AvgIpc) is 2.46. The van der Waals surface area contributed by atoms with Crippen LogP contribution in [0.25, 0.3) is 0 Å². The van der Waals surface area contributed by atoms with Crippen molar-refractivity contribution in [3.05, 3.63) is 57.6 Å². The Hall–Kier alpha value is -2.45. The van der Waals surface area contributed by atoms with Crippen molar-refractivity contribution in [1.29, 1.82) is 5.26 Å². The molecule has 1 heterocycles. The normalized spacial score (nSPS) is 17.8. The second-order valence-corrected chi connectivity index (χ2v) is 5.11. The van der Waals surface area contributed by atoms with Crippen LogP contribution in [0.5, 0.6) is 0 Å². The molecule has 0 saturated carbocycles. The number of benzene rings is 1. The second-order valence-electron chi connectivity index (χ2n) is 4.67. The maximum atomic E-state index is 12.3. The third-order valence-electron chi connectivity index (χ3n) is 3.28. The zero-order valence-electron chi connectivity index (χ0n) is 12.2. The number of nitrogens with two attached hydrogens (primary N) is 1. The first kappa shape index (κ1) is 15.9. The van der Waals surface area contributed by atoms with Crippen LogP contribution in [0.3, 0.4) is 0 Å². The van der Waals surface area contributed by atoms with Gasteiger partial charge in [0.15, 0.2) is 0 Å². The van der Waals surface area contributed by atoms with E-state index in [9.17, 15) is 10.1 Å². The molecule has 0 aromatic heterocycles. The van der Waals surface area contributed by atoms with Crippen LogP contribution in [-0.4, -0.2) is 12.6 Å². The lowest BCUT2D eigenvalue weighted by Crippen LogP contribution is -2.25. The lowest BCUT2D eigenvalue weighted by molar-refractivity contribution is -0.139. The summed E-state index contributed by atoms with van der Waals surface area (Å²) in [6.45, 7) is 3.55. The van der Waals surface area contributed by atoms with Gasteiger partial charge in [0.05, 0.1) is 18.1 Å². The Kier molecular flexibility index (Phi) is 4.74. The third-order valence-corrected chi connectivity index (χ3v) is 3.52. The molecule has 0 saturated heterocycles. The van der Waals surface area contributed by atoms with Gasteiger partial charge >= 0.3 is 5.97 Å². The minimum Gasteiger partial charge on any atom is -0.463 e. The number of rotatable bonds is 3. The van der Waals surface area contributed by atoms with Crippen molar-refractivity contribution in [2.75, 3.05) is 6.61 Å². The monoisotopic (exact) mass is 318 g/mol.